The van der Waals surface area contributed by atoms with Crippen LogP contribution in [-0.2, 0) is 6.18 Å². The van der Waals surface area contributed by atoms with Crippen molar-refractivity contribution in [3.63, 3.8) is 0 Å². The van der Waals surface area contributed by atoms with Crippen LogP contribution < -0.4 is 4.74 Å². The molecule has 0 amide bonds. The first-order chi connectivity index (χ1) is 11.5. The molecular weight excluding hydrogens is 315 g/mol. The Morgan fingerprint density at radius 1 is 0.958 bits per heavy atom. The molecule has 120 valence electrons. The van der Waals surface area contributed by atoms with Crippen molar-refractivity contribution in [3.05, 3.63) is 71.9 Å². The Bertz CT molecular complexity index is 900. The van der Waals surface area contributed by atoms with Gasteiger partial charge in [-0.3, -0.25) is 4.98 Å². The number of para-hydroxylation sites is 1. The van der Waals surface area contributed by atoms with E-state index in [1.165, 1.54) is 12.1 Å². The molecule has 0 unspecified atom stereocenters. The van der Waals surface area contributed by atoms with Gasteiger partial charge in [-0.05, 0) is 36.4 Å². The van der Waals surface area contributed by atoms with Crippen LogP contribution in [0.25, 0.3) is 10.9 Å². The first-order valence-electron chi connectivity index (χ1n) is 7.17. The van der Waals surface area contributed by atoms with E-state index in [-0.39, 0.29) is 6.61 Å². The summed E-state index contributed by atoms with van der Waals surface area (Å²) in [6, 6.07) is 14.1. The molecule has 0 aliphatic carbocycles. The number of aromatic nitrogens is 1. The van der Waals surface area contributed by atoms with Gasteiger partial charge in [0.1, 0.15) is 17.9 Å². The second-order valence-electron chi connectivity index (χ2n) is 5.00. The van der Waals surface area contributed by atoms with Crippen molar-refractivity contribution < 1.29 is 17.9 Å². The second kappa shape index (κ2) is 6.63. The zero-order chi connectivity index (χ0) is 17.0. The quantitative estimate of drug-likeness (QED) is 0.637. The first kappa shape index (κ1) is 15.9. The van der Waals surface area contributed by atoms with Crippen molar-refractivity contribution in [1.82, 2.24) is 4.98 Å². The minimum atomic E-state index is -4.34. The van der Waals surface area contributed by atoms with Gasteiger partial charge >= 0.3 is 6.18 Å². The van der Waals surface area contributed by atoms with Crippen molar-refractivity contribution >= 4 is 10.9 Å². The molecule has 0 spiro atoms. The molecule has 24 heavy (non-hydrogen) atoms. The van der Waals surface area contributed by atoms with Crippen LogP contribution in [0.3, 0.4) is 0 Å². The SMILES string of the molecule is FC(F)(F)c1ccc(C#CCOc2cccc3cccnc23)cc1. The average Bonchev–Trinajstić information content (AvgIpc) is 2.58. The maximum atomic E-state index is 12.5. The lowest BCUT2D eigenvalue weighted by atomic mass is 10.1. The number of alkyl halides is 3. The summed E-state index contributed by atoms with van der Waals surface area (Å²) >= 11 is 0. The monoisotopic (exact) mass is 327 g/mol. The van der Waals surface area contributed by atoms with Gasteiger partial charge in [0.05, 0.1) is 5.56 Å². The standard InChI is InChI=1S/C19H12F3NO/c20-19(21,22)16-10-8-14(9-11-16)4-3-13-24-17-7-1-5-15-6-2-12-23-18(15)17/h1-2,5-12H,13H2. The van der Waals surface area contributed by atoms with Gasteiger partial charge in [0.25, 0.3) is 0 Å². The summed E-state index contributed by atoms with van der Waals surface area (Å²) in [5.74, 6) is 6.19. The molecule has 0 N–H and O–H groups in total. The summed E-state index contributed by atoms with van der Waals surface area (Å²) in [5.41, 5.74) is 0.560. The summed E-state index contributed by atoms with van der Waals surface area (Å²) in [6.45, 7) is 0.122. The lowest BCUT2D eigenvalue weighted by Gasteiger charge is -2.05. The van der Waals surface area contributed by atoms with Crippen LogP contribution in [0.15, 0.2) is 60.8 Å². The molecule has 0 saturated carbocycles. The molecule has 3 aromatic rings. The minimum absolute atomic E-state index is 0.122. The topological polar surface area (TPSA) is 22.1 Å². The van der Waals surface area contributed by atoms with E-state index in [0.29, 0.717) is 11.3 Å². The van der Waals surface area contributed by atoms with E-state index in [2.05, 4.69) is 16.8 Å². The molecule has 3 rings (SSSR count). The molecule has 0 bridgehead atoms. The molecule has 0 radical (unpaired) electrons. The molecule has 2 aromatic carbocycles. The summed E-state index contributed by atoms with van der Waals surface area (Å²) < 4.78 is 43.0. The molecule has 1 aromatic heterocycles. The van der Waals surface area contributed by atoms with Gasteiger partial charge in [-0.2, -0.15) is 13.2 Å². The number of pyridine rings is 1. The van der Waals surface area contributed by atoms with Crippen LogP contribution in [0.1, 0.15) is 11.1 Å². The number of ether oxygens (including phenoxy) is 1. The Labute approximate surface area is 136 Å². The normalized spacial score (nSPS) is 11.0. The van der Waals surface area contributed by atoms with Crippen molar-refractivity contribution in [3.8, 4) is 17.6 Å². The van der Waals surface area contributed by atoms with E-state index in [0.717, 1.165) is 23.0 Å². The van der Waals surface area contributed by atoms with E-state index in [9.17, 15) is 13.2 Å². The molecule has 2 nitrogen and oxygen atoms in total. The molecule has 0 aliphatic rings. The Morgan fingerprint density at radius 3 is 2.46 bits per heavy atom. The predicted octanol–water partition coefficient (Wildman–Crippen LogP) is 4.68. The Balaban J connectivity index is 1.68. The van der Waals surface area contributed by atoms with E-state index < -0.39 is 11.7 Å². The van der Waals surface area contributed by atoms with Gasteiger partial charge in [0.2, 0.25) is 0 Å². The number of fused-ring (bicyclic) bond motifs is 1. The van der Waals surface area contributed by atoms with E-state index in [4.69, 9.17) is 4.74 Å². The third-order valence-electron chi connectivity index (χ3n) is 3.34. The van der Waals surface area contributed by atoms with Crippen molar-refractivity contribution in [2.24, 2.45) is 0 Å². The number of benzene rings is 2. The highest BCUT2D eigenvalue weighted by Crippen LogP contribution is 2.29. The molecule has 0 atom stereocenters. The average molecular weight is 327 g/mol. The maximum Gasteiger partial charge on any atom is 0.416 e. The van der Waals surface area contributed by atoms with Gasteiger partial charge in [0.15, 0.2) is 0 Å². The van der Waals surface area contributed by atoms with Crippen molar-refractivity contribution in [2.45, 2.75) is 6.18 Å². The van der Waals surface area contributed by atoms with Gasteiger partial charge in [0, 0.05) is 17.1 Å². The lowest BCUT2D eigenvalue weighted by Crippen LogP contribution is -2.04. The van der Waals surface area contributed by atoms with Crippen molar-refractivity contribution in [2.75, 3.05) is 6.61 Å². The molecule has 0 saturated heterocycles. The van der Waals surface area contributed by atoms with Gasteiger partial charge < -0.3 is 4.74 Å². The van der Waals surface area contributed by atoms with Crippen LogP contribution in [0.2, 0.25) is 0 Å². The molecular formula is C19H12F3NO. The second-order valence-corrected chi connectivity index (χ2v) is 5.00. The summed E-state index contributed by atoms with van der Waals surface area (Å²) in [7, 11) is 0. The van der Waals surface area contributed by atoms with E-state index in [1.807, 2.05) is 24.3 Å². The largest absolute Gasteiger partial charge is 0.479 e. The minimum Gasteiger partial charge on any atom is -0.479 e. The first-order valence-corrected chi connectivity index (χ1v) is 7.17. The summed E-state index contributed by atoms with van der Waals surface area (Å²) in [6.07, 6.45) is -2.65. The lowest BCUT2D eigenvalue weighted by molar-refractivity contribution is -0.137. The fourth-order valence-electron chi connectivity index (χ4n) is 2.19. The van der Waals surface area contributed by atoms with Gasteiger partial charge in [-0.15, -0.1) is 0 Å². The molecule has 1 heterocycles. The summed E-state index contributed by atoms with van der Waals surface area (Å²) in [4.78, 5) is 4.27. The zero-order valence-corrected chi connectivity index (χ0v) is 12.5. The Kier molecular flexibility index (Phi) is 4.39. The third-order valence-corrected chi connectivity index (χ3v) is 3.34. The highest BCUT2D eigenvalue weighted by atomic mass is 19.4. The number of hydrogen-bond donors (Lipinski definition) is 0. The van der Waals surface area contributed by atoms with Crippen molar-refractivity contribution in [1.29, 1.82) is 0 Å². The third kappa shape index (κ3) is 3.66. The number of nitrogens with zero attached hydrogens (tertiary/aromatic N) is 1. The van der Waals surface area contributed by atoms with Crippen LogP contribution in [0.4, 0.5) is 13.2 Å². The number of rotatable bonds is 2. The van der Waals surface area contributed by atoms with E-state index >= 15 is 0 Å². The van der Waals surface area contributed by atoms with Crippen LogP contribution in [0, 0.1) is 11.8 Å². The van der Waals surface area contributed by atoms with E-state index in [1.54, 1.807) is 12.3 Å². The fraction of sp³-hybridized carbons (Fsp3) is 0.105. The molecule has 0 fully saturated rings. The molecule has 5 heteroatoms. The number of hydrogen-bond acceptors (Lipinski definition) is 2. The van der Waals surface area contributed by atoms with Crippen LogP contribution in [0.5, 0.6) is 5.75 Å². The highest BCUT2D eigenvalue weighted by molar-refractivity contribution is 5.84. The van der Waals surface area contributed by atoms with Crippen LogP contribution >= 0.6 is 0 Å². The highest BCUT2D eigenvalue weighted by Gasteiger charge is 2.29. The fourth-order valence-corrected chi connectivity index (χ4v) is 2.19. The smallest absolute Gasteiger partial charge is 0.416 e. The molecule has 0 aliphatic heterocycles. The predicted molar refractivity (Wildman–Crippen MR) is 85.6 cm³/mol. The Morgan fingerprint density at radius 2 is 1.71 bits per heavy atom. The summed E-state index contributed by atoms with van der Waals surface area (Å²) in [5, 5.41) is 0.964. The van der Waals surface area contributed by atoms with Gasteiger partial charge in [-0.25, -0.2) is 0 Å². The number of halogens is 3. The van der Waals surface area contributed by atoms with Gasteiger partial charge in [-0.1, -0.05) is 30.0 Å². The zero-order valence-electron chi connectivity index (χ0n) is 12.5. The Hall–Kier alpha value is -3.00. The maximum absolute atomic E-state index is 12.5. The van der Waals surface area contributed by atoms with Crippen LogP contribution in [-0.4, -0.2) is 11.6 Å².